The predicted octanol–water partition coefficient (Wildman–Crippen LogP) is 3.41. The van der Waals surface area contributed by atoms with Gasteiger partial charge in [-0.05, 0) is 29.5 Å². The number of fused-ring (bicyclic) bond motifs is 1. The molecule has 0 fully saturated rings. The monoisotopic (exact) mass is 356 g/mol. The molecule has 2 atom stereocenters. The van der Waals surface area contributed by atoms with Crippen LogP contribution in [-0.4, -0.2) is 27.8 Å². The minimum atomic E-state index is -0.632. The first-order valence-electron chi connectivity index (χ1n) is 8.18. The molecule has 25 heavy (non-hydrogen) atoms. The number of amides is 2. The fourth-order valence-corrected chi connectivity index (χ4v) is 3.16. The number of anilines is 1. The Morgan fingerprint density at radius 3 is 2.72 bits per heavy atom. The highest BCUT2D eigenvalue weighted by molar-refractivity contribution is 7.12. The number of carbonyl (C=O) groups is 2. The van der Waals surface area contributed by atoms with Gasteiger partial charge in [0.15, 0.2) is 0 Å². The molecule has 0 aliphatic rings. The van der Waals surface area contributed by atoms with Gasteiger partial charge in [0.05, 0.1) is 15.9 Å². The predicted molar refractivity (Wildman–Crippen MR) is 99.8 cm³/mol. The fraction of sp³-hybridized carbons (Fsp3) is 0.278. The van der Waals surface area contributed by atoms with Crippen molar-refractivity contribution in [3.63, 3.8) is 0 Å². The summed E-state index contributed by atoms with van der Waals surface area (Å²) in [7, 11) is 0. The van der Waals surface area contributed by atoms with E-state index in [1.54, 1.807) is 6.07 Å². The molecule has 3 N–H and O–H groups in total. The van der Waals surface area contributed by atoms with E-state index in [-0.39, 0.29) is 17.7 Å². The van der Waals surface area contributed by atoms with Gasteiger partial charge in [0.1, 0.15) is 6.04 Å². The third-order valence-corrected chi connectivity index (χ3v) is 5.03. The van der Waals surface area contributed by atoms with Crippen LogP contribution in [0.4, 0.5) is 5.95 Å². The van der Waals surface area contributed by atoms with E-state index in [9.17, 15) is 9.59 Å². The summed E-state index contributed by atoms with van der Waals surface area (Å²) in [6.07, 6.45) is 0.767. The number of rotatable bonds is 6. The molecule has 3 aromatic rings. The summed E-state index contributed by atoms with van der Waals surface area (Å²) >= 11 is 1.35. The Kier molecular flexibility index (Phi) is 5.14. The number of aromatic amines is 1. The Hall–Kier alpha value is -2.67. The van der Waals surface area contributed by atoms with Crippen molar-refractivity contribution in [2.24, 2.45) is 5.92 Å². The molecule has 130 valence electrons. The van der Waals surface area contributed by atoms with Crippen LogP contribution < -0.4 is 10.6 Å². The van der Waals surface area contributed by atoms with Crippen molar-refractivity contribution < 1.29 is 9.59 Å². The smallest absolute Gasteiger partial charge is 0.262 e. The average molecular weight is 356 g/mol. The van der Waals surface area contributed by atoms with Crippen LogP contribution in [0.25, 0.3) is 11.0 Å². The van der Waals surface area contributed by atoms with Crippen LogP contribution in [0, 0.1) is 5.92 Å². The maximum Gasteiger partial charge on any atom is 0.262 e. The number of benzene rings is 1. The Bertz CT molecular complexity index is 839. The molecular formula is C18H20N4O2S. The van der Waals surface area contributed by atoms with E-state index >= 15 is 0 Å². The number of H-pyrrole nitrogens is 1. The van der Waals surface area contributed by atoms with Crippen molar-refractivity contribution >= 4 is 40.1 Å². The molecule has 6 nitrogen and oxygen atoms in total. The summed E-state index contributed by atoms with van der Waals surface area (Å²) in [6.45, 7) is 3.93. The van der Waals surface area contributed by atoms with Gasteiger partial charge in [-0.1, -0.05) is 38.5 Å². The zero-order valence-corrected chi connectivity index (χ0v) is 14.9. The number of nitrogens with zero attached hydrogens (tertiary/aromatic N) is 1. The molecular weight excluding hydrogens is 336 g/mol. The number of aromatic nitrogens is 2. The van der Waals surface area contributed by atoms with Gasteiger partial charge in [0.25, 0.3) is 5.91 Å². The summed E-state index contributed by atoms with van der Waals surface area (Å²) in [6, 6.07) is 10.5. The molecule has 2 heterocycles. The second-order valence-electron chi connectivity index (χ2n) is 5.91. The van der Waals surface area contributed by atoms with Gasteiger partial charge >= 0.3 is 0 Å². The number of hydrogen-bond acceptors (Lipinski definition) is 4. The molecule has 3 rings (SSSR count). The van der Waals surface area contributed by atoms with E-state index in [4.69, 9.17) is 0 Å². The number of nitrogens with one attached hydrogen (secondary N) is 3. The van der Waals surface area contributed by atoms with Crippen LogP contribution >= 0.6 is 11.3 Å². The molecule has 2 aromatic heterocycles. The van der Waals surface area contributed by atoms with Crippen molar-refractivity contribution in [3.05, 3.63) is 46.7 Å². The van der Waals surface area contributed by atoms with E-state index < -0.39 is 6.04 Å². The molecule has 1 aromatic carbocycles. The van der Waals surface area contributed by atoms with Crippen molar-refractivity contribution in [3.8, 4) is 0 Å². The van der Waals surface area contributed by atoms with Crippen LogP contribution in [0.1, 0.15) is 29.9 Å². The second kappa shape index (κ2) is 7.48. The minimum absolute atomic E-state index is 0.00621. The molecule has 0 saturated carbocycles. The second-order valence-corrected chi connectivity index (χ2v) is 6.85. The highest BCUT2D eigenvalue weighted by atomic mass is 32.1. The standard InChI is InChI=1S/C18H20N4O2S/c1-3-11(2)15(21-16(23)14-9-6-10-25-14)17(24)22-18-19-12-7-4-5-8-13(12)20-18/h4-11,15H,3H2,1-2H3,(H,21,23)(H2,19,20,22,24). The topological polar surface area (TPSA) is 86.9 Å². The van der Waals surface area contributed by atoms with Crippen LogP contribution in [-0.2, 0) is 4.79 Å². The first-order valence-corrected chi connectivity index (χ1v) is 9.06. The van der Waals surface area contributed by atoms with E-state index in [1.165, 1.54) is 11.3 Å². The lowest BCUT2D eigenvalue weighted by atomic mass is 9.98. The van der Waals surface area contributed by atoms with Gasteiger partial charge in [-0.2, -0.15) is 0 Å². The molecule has 0 radical (unpaired) electrons. The third kappa shape index (κ3) is 3.88. The molecule has 0 aliphatic carbocycles. The van der Waals surface area contributed by atoms with Crippen LogP contribution in [0.5, 0.6) is 0 Å². The average Bonchev–Trinajstić information content (AvgIpc) is 3.27. The molecule has 2 unspecified atom stereocenters. The molecule has 0 aliphatic heterocycles. The van der Waals surface area contributed by atoms with Gasteiger partial charge in [0, 0.05) is 0 Å². The normalized spacial score (nSPS) is 13.4. The van der Waals surface area contributed by atoms with Crippen LogP contribution in [0.3, 0.4) is 0 Å². The van der Waals surface area contributed by atoms with Gasteiger partial charge in [-0.3, -0.25) is 14.9 Å². The zero-order valence-electron chi connectivity index (χ0n) is 14.1. The quantitative estimate of drug-likeness (QED) is 0.632. The number of para-hydroxylation sites is 2. The highest BCUT2D eigenvalue weighted by Crippen LogP contribution is 2.16. The largest absolute Gasteiger partial charge is 0.339 e. The molecule has 7 heteroatoms. The number of imidazole rings is 1. The number of hydrogen-bond donors (Lipinski definition) is 3. The first-order chi connectivity index (χ1) is 12.1. The van der Waals surface area contributed by atoms with Gasteiger partial charge in [-0.15, -0.1) is 11.3 Å². The third-order valence-electron chi connectivity index (χ3n) is 4.16. The van der Waals surface area contributed by atoms with E-state index in [0.29, 0.717) is 10.8 Å². The number of thiophene rings is 1. The van der Waals surface area contributed by atoms with Crippen molar-refractivity contribution in [2.45, 2.75) is 26.3 Å². The Morgan fingerprint density at radius 2 is 2.04 bits per heavy atom. The minimum Gasteiger partial charge on any atom is -0.339 e. The Morgan fingerprint density at radius 1 is 1.24 bits per heavy atom. The van der Waals surface area contributed by atoms with Crippen molar-refractivity contribution in [2.75, 3.05) is 5.32 Å². The lowest BCUT2D eigenvalue weighted by Crippen LogP contribution is -2.47. The van der Waals surface area contributed by atoms with Gasteiger partial charge in [-0.25, -0.2) is 4.98 Å². The van der Waals surface area contributed by atoms with Crippen molar-refractivity contribution in [1.82, 2.24) is 15.3 Å². The maximum atomic E-state index is 12.7. The summed E-state index contributed by atoms with van der Waals surface area (Å²) in [5.41, 5.74) is 1.63. The molecule has 0 bridgehead atoms. The summed E-state index contributed by atoms with van der Waals surface area (Å²) in [4.78, 5) is 33.0. The lowest BCUT2D eigenvalue weighted by molar-refractivity contribution is -0.119. The zero-order chi connectivity index (χ0) is 17.8. The first kappa shape index (κ1) is 17.2. The number of carbonyl (C=O) groups excluding carboxylic acids is 2. The summed E-state index contributed by atoms with van der Waals surface area (Å²) in [5.74, 6) is -0.142. The van der Waals surface area contributed by atoms with Crippen LogP contribution in [0.15, 0.2) is 41.8 Å². The summed E-state index contributed by atoms with van der Waals surface area (Å²) < 4.78 is 0. The Labute approximate surface area is 149 Å². The lowest BCUT2D eigenvalue weighted by Gasteiger charge is -2.22. The van der Waals surface area contributed by atoms with Gasteiger partial charge < -0.3 is 10.3 Å². The van der Waals surface area contributed by atoms with Crippen molar-refractivity contribution in [1.29, 1.82) is 0 Å². The van der Waals surface area contributed by atoms with Gasteiger partial charge in [0.2, 0.25) is 11.9 Å². The van der Waals surface area contributed by atoms with E-state index in [2.05, 4.69) is 20.6 Å². The van der Waals surface area contributed by atoms with E-state index in [1.807, 2.05) is 49.6 Å². The van der Waals surface area contributed by atoms with Crippen LogP contribution in [0.2, 0.25) is 0 Å². The highest BCUT2D eigenvalue weighted by Gasteiger charge is 2.27. The SMILES string of the molecule is CCC(C)C(NC(=O)c1cccs1)C(=O)Nc1nc2ccccc2[nH]1. The molecule has 2 amide bonds. The Balaban J connectivity index is 1.75. The van der Waals surface area contributed by atoms with E-state index in [0.717, 1.165) is 17.5 Å². The fourth-order valence-electron chi connectivity index (χ4n) is 2.53. The molecule has 0 saturated heterocycles. The maximum absolute atomic E-state index is 12.7. The molecule has 0 spiro atoms. The summed E-state index contributed by atoms with van der Waals surface area (Å²) in [5, 5.41) is 7.46.